The fourth-order valence-electron chi connectivity index (χ4n) is 3.23. The minimum atomic E-state index is 0.141. The lowest BCUT2D eigenvalue weighted by Gasteiger charge is -2.27. The van der Waals surface area contributed by atoms with Gasteiger partial charge in [0.1, 0.15) is 0 Å². The molecule has 3 aliphatic rings. The summed E-state index contributed by atoms with van der Waals surface area (Å²) < 4.78 is 0. The van der Waals surface area contributed by atoms with E-state index in [2.05, 4.69) is 23.5 Å². The van der Waals surface area contributed by atoms with E-state index >= 15 is 0 Å². The Hall–Kier alpha value is -1.28. The third-order valence-electron chi connectivity index (χ3n) is 4.38. The van der Waals surface area contributed by atoms with Crippen molar-refractivity contribution in [3.63, 3.8) is 0 Å². The van der Waals surface area contributed by atoms with Crippen LogP contribution < -0.4 is 11.1 Å². The first-order valence-corrected chi connectivity index (χ1v) is 6.71. The Morgan fingerprint density at radius 3 is 2.88 bits per heavy atom. The Morgan fingerprint density at radius 2 is 2.06 bits per heavy atom. The zero-order chi connectivity index (χ0) is 11.4. The summed E-state index contributed by atoms with van der Waals surface area (Å²) in [5, 5.41) is 3.58. The van der Waals surface area contributed by atoms with Crippen LogP contribution in [0, 0.1) is 0 Å². The molecular weight excluding hydrogens is 208 g/mol. The van der Waals surface area contributed by atoms with Crippen LogP contribution in [0.15, 0.2) is 29.5 Å². The number of rotatable bonds is 1. The molecule has 1 unspecified atom stereocenters. The third kappa shape index (κ3) is 1.44. The van der Waals surface area contributed by atoms with Gasteiger partial charge >= 0.3 is 0 Å². The van der Waals surface area contributed by atoms with Gasteiger partial charge in [-0.25, -0.2) is 0 Å². The fraction of sp³-hybridized carbons (Fsp3) is 0.467. The maximum atomic E-state index is 6.42. The lowest BCUT2D eigenvalue weighted by Crippen LogP contribution is -2.21. The standard InChI is InChI=1S/C15H18N2/c16-15-11-2-1-3-13(11)17-14-7-6-10(8-12(14)15)9-4-5-9/h6-9,15,17H,1-5,16H2. The summed E-state index contributed by atoms with van der Waals surface area (Å²) in [4.78, 5) is 0. The molecule has 1 aliphatic heterocycles. The molecule has 0 bridgehead atoms. The van der Waals surface area contributed by atoms with Gasteiger partial charge in [-0.15, -0.1) is 0 Å². The van der Waals surface area contributed by atoms with E-state index in [0.717, 1.165) is 5.92 Å². The minimum Gasteiger partial charge on any atom is -0.359 e. The van der Waals surface area contributed by atoms with Crippen LogP contribution in [-0.2, 0) is 0 Å². The molecule has 17 heavy (non-hydrogen) atoms. The molecule has 1 aromatic carbocycles. The van der Waals surface area contributed by atoms with E-state index in [1.54, 1.807) is 0 Å². The van der Waals surface area contributed by atoms with Crippen LogP contribution in [0.1, 0.15) is 55.2 Å². The van der Waals surface area contributed by atoms with Crippen LogP contribution in [0.2, 0.25) is 0 Å². The van der Waals surface area contributed by atoms with Crippen molar-refractivity contribution in [2.24, 2.45) is 5.73 Å². The fourth-order valence-corrected chi connectivity index (χ4v) is 3.23. The van der Waals surface area contributed by atoms with Gasteiger partial charge < -0.3 is 11.1 Å². The minimum absolute atomic E-state index is 0.141. The molecule has 1 aromatic rings. The van der Waals surface area contributed by atoms with Crippen LogP contribution >= 0.6 is 0 Å². The number of hydrogen-bond acceptors (Lipinski definition) is 2. The smallest absolute Gasteiger partial charge is 0.0551 e. The molecule has 0 radical (unpaired) electrons. The second kappa shape index (κ2) is 3.36. The van der Waals surface area contributed by atoms with Crippen LogP contribution in [0.25, 0.3) is 0 Å². The van der Waals surface area contributed by atoms with Crippen LogP contribution in [0.3, 0.4) is 0 Å². The van der Waals surface area contributed by atoms with E-state index in [-0.39, 0.29) is 6.04 Å². The Bertz CT molecular complexity index is 512. The number of allylic oxidation sites excluding steroid dienone is 1. The third-order valence-corrected chi connectivity index (χ3v) is 4.38. The van der Waals surface area contributed by atoms with E-state index in [1.807, 2.05) is 0 Å². The summed E-state index contributed by atoms with van der Waals surface area (Å²) in [7, 11) is 0. The summed E-state index contributed by atoms with van der Waals surface area (Å²) in [5.74, 6) is 0.812. The maximum Gasteiger partial charge on any atom is 0.0551 e. The quantitative estimate of drug-likeness (QED) is 0.770. The summed E-state index contributed by atoms with van der Waals surface area (Å²) in [5.41, 5.74) is 13.3. The first-order valence-electron chi connectivity index (χ1n) is 6.71. The second-order valence-electron chi connectivity index (χ2n) is 5.58. The first kappa shape index (κ1) is 9.72. The average molecular weight is 226 g/mol. The molecule has 2 nitrogen and oxygen atoms in total. The highest BCUT2D eigenvalue weighted by Crippen LogP contribution is 2.45. The molecule has 88 valence electrons. The molecular formula is C15H18N2. The van der Waals surface area contributed by atoms with Gasteiger partial charge in [-0.3, -0.25) is 0 Å². The van der Waals surface area contributed by atoms with Crippen molar-refractivity contribution in [2.45, 2.75) is 44.1 Å². The van der Waals surface area contributed by atoms with Crippen molar-refractivity contribution < 1.29 is 0 Å². The molecule has 1 heterocycles. The van der Waals surface area contributed by atoms with Crippen molar-refractivity contribution in [1.29, 1.82) is 0 Å². The monoisotopic (exact) mass is 226 g/mol. The number of benzene rings is 1. The summed E-state index contributed by atoms with van der Waals surface area (Å²) in [6, 6.07) is 6.98. The lowest BCUT2D eigenvalue weighted by molar-refractivity contribution is 0.780. The van der Waals surface area contributed by atoms with Crippen molar-refractivity contribution >= 4 is 5.69 Å². The Labute approximate surface area is 102 Å². The number of nitrogens with two attached hydrogens (primary N) is 1. The van der Waals surface area contributed by atoms with Gasteiger partial charge in [0.2, 0.25) is 0 Å². The number of anilines is 1. The van der Waals surface area contributed by atoms with Gasteiger partial charge in [0.15, 0.2) is 0 Å². The van der Waals surface area contributed by atoms with Gasteiger partial charge in [-0.2, -0.15) is 0 Å². The number of fused-ring (bicyclic) bond motifs is 1. The second-order valence-corrected chi connectivity index (χ2v) is 5.58. The van der Waals surface area contributed by atoms with Gasteiger partial charge in [0.05, 0.1) is 6.04 Å². The van der Waals surface area contributed by atoms with Gasteiger partial charge in [-0.1, -0.05) is 12.1 Å². The van der Waals surface area contributed by atoms with Crippen molar-refractivity contribution in [2.75, 3.05) is 5.32 Å². The molecule has 0 spiro atoms. The summed E-state index contributed by atoms with van der Waals surface area (Å²) >= 11 is 0. The SMILES string of the molecule is NC1C2=C(CCC2)Nc2ccc(C3CC3)cc21. The van der Waals surface area contributed by atoms with Gasteiger partial charge in [-0.05, 0) is 60.8 Å². The zero-order valence-electron chi connectivity index (χ0n) is 10.00. The van der Waals surface area contributed by atoms with Crippen molar-refractivity contribution in [3.05, 3.63) is 40.6 Å². The van der Waals surface area contributed by atoms with Gasteiger partial charge in [0.25, 0.3) is 0 Å². The molecule has 1 fully saturated rings. The number of nitrogens with one attached hydrogen (secondary N) is 1. The number of hydrogen-bond donors (Lipinski definition) is 2. The molecule has 2 aliphatic carbocycles. The summed E-state index contributed by atoms with van der Waals surface area (Å²) in [6.07, 6.45) is 6.32. The van der Waals surface area contributed by atoms with Crippen LogP contribution in [-0.4, -0.2) is 0 Å². The molecule has 2 heteroatoms. The molecule has 0 amide bonds. The molecule has 1 atom stereocenters. The zero-order valence-corrected chi connectivity index (χ0v) is 10.00. The molecule has 4 rings (SSSR count). The molecule has 0 saturated heterocycles. The predicted molar refractivity (Wildman–Crippen MR) is 69.8 cm³/mol. The molecule has 1 saturated carbocycles. The lowest BCUT2D eigenvalue weighted by atomic mass is 9.91. The molecule has 3 N–H and O–H groups in total. The highest BCUT2D eigenvalue weighted by Gasteiger charge is 2.30. The molecule has 0 aromatic heterocycles. The topological polar surface area (TPSA) is 38.0 Å². The van der Waals surface area contributed by atoms with E-state index in [0.29, 0.717) is 0 Å². The first-order chi connectivity index (χ1) is 8.33. The van der Waals surface area contributed by atoms with E-state index in [4.69, 9.17) is 5.73 Å². The Balaban J connectivity index is 1.78. The average Bonchev–Trinajstić information content (AvgIpc) is 3.08. The normalized spacial score (nSPS) is 26.5. The van der Waals surface area contributed by atoms with Gasteiger partial charge in [0, 0.05) is 11.4 Å². The highest BCUT2D eigenvalue weighted by atomic mass is 14.9. The van der Waals surface area contributed by atoms with Crippen LogP contribution in [0.5, 0.6) is 0 Å². The van der Waals surface area contributed by atoms with Crippen molar-refractivity contribution in [1.82, 2.24) is 0 Å². The van der Waals surface area contributed by atoms with E-state index in [9.17, 15) is 0 Å². The Morgan fingerprint density at radius 1 is 1.18 bits per heavy atom. The highest BCUT2D eigenvalue weighted by molar-refractivity contribution is 5.64. The Kier molecular flexibility index (Phi) is 1.92. The maximum absolute atomic E-state index is 6.42. The summed E-state index contributed by atoms with van der Waals surface area (Å²) in [6.45, 7) is 0. The van der Waals surface area contributed by atoms with E-state index < -0.39 is 0 Å². The predicted octanol–water partition coefficient (Wildman–Crippen LogP) is 3.43. The van der Waals surface area contributed by atoms with Crippen molar-refractivity contribution in [3.8, 4) is 0 Å². The van der Waals surface area contributed by atoms with Crippen LogP contribution in [0.4, 0.5) is 5.69 Å². The largest absolute Gasteiger partial charge is 0.359 e. The van der Waals surface area contributed by atoms with E-state index in [1.165, 1.54) is 60.2 Å².